The van der Waals surface area contributed by atoms with Crippen LogP contribution in [-0.4, -0.2) is 11.8 Å². The fraction of sp³-hybridized carbons (Fsp3) is 0.857. The fourth-order valence-corrected chi connectivity index (χ4v) is 0.610. The summed E-state index contributed by atoms with van der Waals surface area (Å²) in [6, 6.07) is -0.322. The average Bonchev–Trinajstić information content (AvgIpc) is 1.62. The molecule has 0 spiro atoms. The summed E-state index contributed by atoms with van der Waals surface area (Å²) >= 11 is 0. The van der Waals surface area contributed by atoms with Crippen molar-refractivity contribution in [3.05, 3.63) is 0 Å². The Bertz CT molecular complexity index is 113. The summed E-state index contributed by atoms with van der Waals surface area (Å²) in [5, 5.41) is 0. The van der Waals surface area contributed by atoms with Gasteiger partial charge in [0.05, 0.1) is 6.04 Å². The Morgan fingerprint density at radius 2 is 1.78 bits per heavy atom. The molecule has 0 fully saturated rings. The van der Waals surface area contributed by atoms with Crippen LogP contribution in [0.2, 0.25) is 0 Å². The zero-order valence-electron chi connectivity index (χ0n) is 6.56. The quantitative estimate of drug-likeness (QED) is 0.572. The van der Waals surface area contributed by atoms with Crippen molar-refractivity contribution < 1.29 is 4.79 Å². The summed E-state index contributed by atoms with van der Waals surface area (Å²) in [5.41, 5.74) is 5.45. The molecule has 0 amide bonds. The predicted octanol–water partition coefficient (Wildman–Crippen LogP) is 0.949. The molecule has 0 aliphatic carbocycles. The third kappa shape index (κ3) is 2.61. The number of carbonyl (C=O) groups is 1. The maximum Gasteiger partial charge on any atom is 0.146 e. The van der Waals surface area contributed by atoms with Crippen molar-refractivity contribution >= 4 is 5.78 Å². The molecule has 0 saturated carbocycles. The van der Waals surface area contributed by atoms with E-state index in [0.717, 1.165) is 0 Å². The predicted molar refractivity (Wildman–Crippen MR) is 38.1 cm³/mol. The lowest BCUT2D eigenvalue weighted by atomic mass is 9.85. The van der Waals surface area contributed by atoms with Crippen LogP contribution in [0, 0.1) is 5.41 Å². The molecule has 0 aromatic carbocycles. The molecule has 0 heterocycles. The second-order valence-electron chi connectivity index (χ2n) is 3.45. The van der Waals surface area contributed by atoms with Crippen LogP contribution >= 0.6 is 0 Å². The maximum absolute atomic E-state index is 10.7. The first kappa shape index (κ1) is 8.63. The molecule has 0 aliphatic heterocycles. The molecule has 0 radical (unpaired) electrons. The van der Waals surface area contributed by atoms with Crippen molar-refractivity contribution in [1.29, 1.82) is 0 Å². The van der Waals surface area contributed by atoms with E-state index in [0.29, 0.717) is 0 Å². The Morgan fingerprint density at radius 3 is 1.78 bits per heavy atom. The van der Waals surface area contributed by atoms with E-state index in [1.807, 2.05) is 20.8 Å². The normalized spacial score (nSPS) is 15.2. The number of hydrogen-bond donors (Lipinski definition) is 1. The third-order valence-corrected chi connectivity index (χ3v) is 1.37. The summed E-state index contributed by atoms with van der Waals surface area (Å²) in [7, 11) is 0. The van der Waals surface area contributed by atoms with Gasteiger partial charge in [0.15, 0.2) is 0 Å². The SMILES string of the molecule is CC(=O)[C@H](N)C(C)(C)C. The van der Waals surface area contributed by atoms with Gasteiger partial charge in [-0.2, -0.15) is 0 Å². The summed E-state index contributed by atoms with van der Waals surface area (Å²) in [6.45, 7) is 7.40. The topological polar surface area (TPSA) is 43.1 Å². The van der Waals surface area contributed by atoms with Crippen LogP contribution in [0.3, 0.4) is 0 Å². The van der Waals surface area contributed by atoms with Crippen molar-refractivity contribution in [3.63, 3.8) is 0 Å². The van der Waals surface area contributed by atoms with Gasteiger partial charge >= 0.3 is 0 Å². The molecule has 9 heavy (non-hydrogen) atoms. The molecule has 0 aliphatic rings. The Kier molecular flexibility index (Phi) is 2.38. The Hall–Kier alpha value is -0.370. The van der Waals surface area contributed by atoms with Crippen molar-refractivity contribution in [1.82, 2.24) is 0 Å². The monoisotopic (exact) mass is 129 g/mol. The minimum absolute atomic E-state index is 0.0579. The standard InChI is InChI=1S/C7H15NO/c1-5(9)6(8)7(2,3)4/h6H,8H2,1-4H3/t6-/m0/s1. The van der Waals surface area contributed by atoms with E-state index in [-0.39, 0.29) is 17.2 Å². The highest BCUT2D eigenvalue weighted by molar-refractivity contribution is 5.81. The van der Waals surface area contributed by atoms with Gasteiger partial charge in [-0.3, -0.25) is 4.79 Å². The van der Waals surface area contributed by atoms with Gasteiger partial charge in [-0.25, -0.2) is 0 Å². The van der Waals surface area contributed by atoms with Crippen LogP contribution in [0.1, 0.15) is 27.7 Å². The van der Waals surface area contributed by atoms with E-state index >= 15 is 0 Å². The largest absolute Gasteiger partial charge is 0.321 e. The van der Waals surface area contributed by atoms with E-state index in [2.05, 4.69) is 0 Å². The highest BCUT2D eigenvalue weighted by Crippen LogP contribution is 2.17. The molecule has 0 aromatic rings. The maximum atomic E-state index is 10.7. The van der Waals surface area contributed by atoms with Crippen LogP contribution in [0.15, 0.2) is 0 Å². The minimum atomic E-state index is -0.322. The van der Waals surface area contributed by atoms with E-state index in [1.54, 1.807) is 0 Å². The Morgan fingerprint density at radius 1 is 1.44 bits per heavy atom. The van der Waals surface area contributed by atoms with Crippen molar-refractivity contribution in [3.8, 4) is 0 Å². The van der Waals surface area contributed by atoms with E-state index in [1.165, 1.54) is 6.92 Å². The summed E-state index contributed by atoms with van der Waals surface area (Å²) in [4.78, 5) is 10.7. The average molecular weight is 129 g/mol. The van der Waals surface area contributed by atoms with Crippen molar-refractivity contribution in [2.45, 2.75) is 33.7 Å². The van der Waals surface area contributed by atoms with Crippen molar-refractivity contribution in [2.24, 2.45) is 11.1 Å². The van der Waals surface area contributed by atoms with E-state index < -0.39 is 0 Å². The van der Waals surface area contributed by atoms with Crippen LogP contribution in [0.4, 0.5) is 0 Å². The zero-order valence-corrected chi connectivity index (χ0v) is 6.56. The van der Waals surface area contributed by atoms with Gasteiger partial charge in [-0.05, 0) is 12.3 Å². The Balaban J connectivity index is 4.04. The molecule has 0 bridgehead atoms. The van der Waals surface area contributed by atoms with Crippen molar-refractivity contribution in [2.75, 3.05) is 0 Å². The molecule has 2 heteroatoms. The molecule has 0 rings (SSSR count). The van der Waals surface area contributed by atoms with Gasteiger partial charge in [0, 0.05) is 0 Å². The number of rotatable bonds is 1. The first-order chi connectivity index (χ1) is 3.85. The summed E-state index contributed by atoms with van der Waals surface area (Å²) in [6.07, 6.45) is 0. The van der Waals surface area contributed by atoms with Crippen LogP contribution < -0.4 is 5.73 Å². The fourth-order valence-electron chi connectivity index (χ4n) is 0.610. The number of ketones is 1. The molecule has 54 valence electrons. The number of nitrogens with two attached hydrogens (primary N) is 1. The zero-order chi connectivity index (χ0) is 7.65. The van der Waals surface area contributed by atoms with Gasteiger partial charge in [-0.15, -0.1) is 0 Å². The van der Waals surface area contributed by atoms with Crippen LogP contribution in [-0.2, 0) is 4.79 Å². The van der Waals surface area contributed by atoms with Gasteiger partial charge in [-0.1, -0.05) is 20.8 Å². The molecular weight excluding hydrogens is 114 g/mol. The summed E-state index contributed by atoms with van der Waals surface area (Å²) < 4.78 is 0. The third-order valence-electron chi connectivity index (χ3n) is 1.37. The molecule has 0 aromatic heterocycles. The molecule has 0 unspecified atom stereocenters. The first-order valence-electron chi connectivity index (χ1n) is 3.11. The lowest BCUT2D eigenvalue weighted by molar-refractivity contribution is -0.120. The lowest BCUT2D eigenvalue weighted by Gasteiger charge is -2.23. The smallest absolute Gasteiger partial charge is 0.146 e. The second kappa shape index (κ2) is 2.48. The van der Waals surface area contributed by atoms with Gasteiger partial charge in [0.1, 0.15) is 5.78 Å². The number of hydrogen-bond acceptors (Lipinski definition) is 2. The highest BCUT2D eigenvalue weighted by atomic mass is 16.1. The number of Topliss-reactive ketones (excluding diaryl/α,β-unsaturated/α-hetero) is 1. The molecule has 2 nitrogen and oxygen atoms in total. The summed E-state index contributed by atoms with van der Waals surface area (Å²) in [5.74, 6) is 0.0579. The molecule has 1 atom stereocenters. The van der Waals surface area contributed by atoms with Crippen LogP contribution in [0.25, 0.3) is 0 Å². The second-order valence-corrected chi connectivity index (χ2v) is 3.45. The Labute approximate surface area is 56.4 Å². The lowest BCUT2D eigenvalue weighted by Crippen LogP contribution is -2.40. The van der Waals surface area contributed by atoms with Gasteiger partial charge in [0.25, 0.3) is 0 Å². The minimum Gasteiger partial charge on any atom is -0.321 e. The van der Waals surface area contributed by atoms with Gasteiger partial charge in [0.2, 0.25) is 0 Å². The number of carbonyl (C=O) groups excluding carboxylic acids is 1. The van der Waals surface area contributed by atoms with Crippen LogP contribution in [0.5, 0.6) is 0 Å². The van der Waals surface area contributed by atoms with E-state index in [4.69, 9.17) is 5.73 Å². The van der Waals surface area contributed by atoms with E-state index in [9.17, 15) is 4.79 Å². The highest BCUT2D eigenvalue weighted by Gasteiger charge is 2.23. The van der Waals surface area contributed by atoms with Gasteiger partial charge < -0.3 is 5.73 Å². The molecule has 0 saturated heterocycles. The molecule has 2 N–H and O–H groups in total. The molecular formula is C7H15NO. The first-order valence-corrected chi connectivity index (χ1v) is 3.11.